The molecule has 0 unspecified atom stereocenters. The number of hydrogen-bond acceptors (Lipinski definition) is 4. The minimum atomic E-state index is -0.425. The normalized spacial score (nSPS) is 10.8. The maximum absolute atomic E-state index is 12.9. The summed E-state index contributed by atoms with van der Waals surface area (Å²) in [5.41, 5.74) is 2.29. The highest BCUT2D eigenvalue weighted by Crippen LogP contribution is 2.23. The highest BCUT2D eigenvalue weighted by Gasteiger charge is 2.16. The van der Waals surface area contributed by atoms with E-state index in [1.165, 1.54) is 21.9 Å². The van der Waals surface area contributed by atoms with Crippen molar-refractivity contribution in [2.24, 2.45) is 0 Å². The summed E-state index contributed by atoms with van der Waals surface area (Å²) in [6, 6.07) is 19.2. The summed E-state index contributed by atoms with van der Waals surface area (Å²) < 4.78 is 1.50. The predicted octanol–water partition coefficient (Wildman–Crippen LogP) is 3.35. The van der Waals surface area contributed by atoms with Gasteiger partial charge in [0.25, 0.3) is 11.5 Å². The highest BCUT2D eigenvalue weighted by molar-refractivity contribution is 7.15. The van der Waals surface area contributed by atoms with E-state index in [2.05, 4.69) is 10.3 Å². The van der Waals surface area contributed by atoms with E-state index in [-0.39, 0.29) is 11.1 Å². The molecule has 0 spiro atoms. The van der Waals surface area contributed by atoms with Gasteiger partial charge < -0.3 is 5.32 Å². The Labute approximate surface area is 153 Å². The largest absolute Gasteiger partial charge is 0.348 e. The quantitative estimate of drug-likeness (QED) is 0.606. The van der Waals surface area contributed by atoms with Gasteiger partial charge in [0.05, 0.1) is 5.69 Å². The Balaban J connectivity index is 1.69. The number of benzene rings is 2. The monoisotopic (exact) mass is 361 g/mol. The number of carbonyl (C=O) groups is 1. The third-order valence-corrected chi connectivity index (χ3v) is 4.90. The van der Waals surface area contributed by atoms with E-state index in [0.29, 0.717) is 11.5 Å². The van der Waals surface area contributed by atoms with Crippen molar-refractivity contribution in [1.82, 2.24) is 14.7 Å². The topological polar surface area (TPSA) is 63.5 Å². The molecule has 1 amide bonds. The van der Waals surface area contributed by atoms with Crippen molar-refractivity contribution in [3.8, 4) is 11.3 Å². The predicted molar refractivity (Wildman–Crippen MR) is 102 cm³/mol. The molecule has 0 aliphatic rings. The number of aromatic nitrogens is 2. The smallest absolute Gasteiger partial charge is 0.271 e. The second-order valence-corrected chi connectivity index (χ2v) is 6.59. The Morgan fingerprint density at radius 3 is 2.46 bits per heavy atom. The molecule has 1 N–H and O–H groups in total. The molecule has 2 heterocycles. The Bertz CT molecular complexity index is 1120. The summed E-state index contributed by atoms with van der Waals surface area (Å²) in [6.07, 6.45) is 1.35. The van der Waals surface area contributed by atoms with Gasteiger partial charge in [-0.15, -0.1) is 11.3 Å². The van der Waals surface area contributed by atoms with Crippen LogP contribution in [0, 0.1) is 0 Å². The first-order chi connectivity index (χ1) is 12.7. The van der Waals surface area contributed by atoms with Crippen molar-refractivity contribution in [3.05, 3.63) is 93.7 Å². The first-order valence-electron chi connectivity index (χ1n) is 8.11. The second-order valence-electron chi connectivity index (χ2n) is 5.75. The van der Waals surface area contributed by atoms with Gasteiger partial charge in [-0.05, 0) is 11.1 Å². The summed E-state index contributed by atoms with van der Waals surface area (Å²) in [5.74, 6) is -0.425. The van der Waals surface area contributed by atoms with Gasteiger partial charge in [-0.2, -0.15) is 0 Å². The Morgan fingerprint density at radius 1 is 1.04 bits per heavy atom. The van der Waals surface area contributed by atoms with Crippen molar-refractivity contribution in [2.75, 3.05) is 0 Å². The Morgan fingerprint density at radius 2 is 1.73 bits per heavy atom. The molecular weight excluding hydrogens is 346 g/mol. The number of amides is 1. The second kappa shape index (κ2) is 6.93. The molecule has 0 aliphatic heterocycles. The minimum absolute atomic E-state index is 0.0361. The molecule has 0 bridgehead atoms. The fourth-order valence-electron chi connectivity index (χ4n) is 2.73. The molecule has 4 aromatic rings. The number of hydrogen-bond donors (Lipinski definition) is 1. The van der Waals surface area contributed by atoms with Crippen LogP contribution in [0.1, 0.15) is 15.9 Å². The number of fused-ring (bicyclic) bond motifs is 1. The van der Waals surface area contributed by atoms with Gasteiger partial charge in [-0.3, -0.25) is 14.0 Å². The van der Waals surface area contributed by atoms with Crippen LogP contribution in [-0.4, -0.2) is 15.3 Å². The van der Waals surface area contributed by atoms with E-state index in [4.69, 9.17) is 0 Å². The van der Waals surface area contributed by atoms with E-state index >= 15 is 0 Å². The molecule has 0 radical (unpaired) electrons. The van der Waals surface area contributed by atoms with Gasteiger partial charge in [-0.25, -0.2) is 4.98 Å². The van der Waals surface area contributed by atoms with Crippen LogP contribution in [0.15, 0.2) is 77.0 Å². The van der Waals surface area contributed by atoms with Crippen molar-refractivity contribution >= 4 is 22.2 Å². The molecule has 128 valence electrons. The van der Waals surface area contributed by atoms with Gasteiger partial charge in [0, 0.05) is 18.1 Å². The zero-order valence-corrected chi connectivity index (χ0v) is 14.6. The van der Waals surface area contributed by atoms with Crippen LogP contribution in [0.3, 0.4) is 0 Å². The number of nitrogens with zero attached hydrogens (tertiary/aromatic N) is 2. The van der Waals surface area contributed by atoms with E-state index < -0.39 is 5.91 Å². The summed E-state index contributed by atoms with van der Waals surface area (Å²) in [7, 11) is 0. The highest BCUT2D eigenvalue weighted by atomic mass is 32.1. The minimum Gasteiger partial charge on any atom is -0.348 e. The standard InChI is InChI=1S/C20H15N3O2S/c24-18(21-11-14-7-3-1-4-8-14)16-12-22-20-23(19(16)25)17(13-26-20)15-9-5-2-6-10-15/h1-10,12-13H,11H2,(H,21,24). The molecule has 5 nitrogen and oxygen atoms in total. The molecule has 0 saturated heterocycles. The van der Waals surface area contributed by atoms with E-state index in [9.17, 15) is 9.59 Å². The SMILES string of the molecule is O=C(NCc1ccccc1)c1cnc2scc(-c3ccccc3)n2c1=O. The van der Waals surface area contributed by atoms with E-state index in [0.717, 1.165) is 16.8 Å². The maximum atomic E-state index is 12.9. The molecule has 2 aromatic heterocycles. The fourth-order valence-corrected chi connectivity index (χ4v) is 3.59. The average molecular weight is 361 g/mol. The fraction of sp³-hybridized carbons (Fsp3) is 0.0500. The van der Waals surface area contributed by atoms with Crippen LogP contribution < -0.4 is 10.9 Å². The summed E-state index contributed by atoms with van der Waals surface area (Å²) in [6.45, 7) is 0.358. The number of nitrogens with one attached hydrogen (secondary N) is 1. The lowest BCUT2D eigenvalue weighted by atomic mass is 10.2. The number of rotatable bonds is 4. The first kappa shape index (κ1) is 16.2. The molecular formula is C20H15N3O2S. The summed E-state index contributed by atoms with van der Waals surface area (Å²) in [4.78, 5) is 30.2. The third-order valence-electron chi connectivity index (χ3n) is 4.06. The molecule has 0 atom stereocenters. The summed E-state index contributed by atoms with van der Waals surface area (Å²) >= 11 is 1.37. The lowest BCUT2D eigenvalue weighted by Gasteiger charge is -2.06. The molecule has 4 rings (SSSR count). The van der Waals surface area contributed by atoms with Gasteiger partial charge in [0.2, 0.25) is 0 Å². The summed E-state index contributed by atoms with van der Waals surface area (Å²) in [5, 5.41) is 4.66. The lowest BCUT2D eigenvalue weighted by molar-refractivity contribution is 0.0949. The molecule has 6 heteroatoms. The van der Waals surface area contributed by atoms with E-state index in [1.54, 1.807) is 0 Å². The van der Waals surface area contributed by atoms with Gasteiger partial charge in [-0.1, -0.05) is 60.7 Å². The zero-order valence-electron chi connectivity index (χ0n) is 13.8. The third kappa shape index (κ3) is 3.02. The van der Waals surface area contributed by atoms with Crippen molar-refractivity contribution < 1.29 is 4.79 Å². The van der Waals surface area contributed by atoms with Gasteiger partial charge >= 0.3 is 0 Å². The lowest BCUT2D eigenvalue weighted by Crippen LogP contribution is -2.31. The van der Waals surface area contributed by atoms with Crippen LogP contribution in [0.25, 0.3) is 16.2 Å². The van der Waals surface area contributed by atoms with Crippen molar-refractivity contribution in [3.63, 3.8) is 0 Å². The molecule has 0 aliphatic carbocycles. The van der Waals surface area contributed by atoms with Crippen molar-refractivity contribution in [1.29, 1.82) is 0 Å². The molecule has 26 heavy (non-hydrogen) atoms. The van der Waals surface area contributed by atoms with Crippen LogP contribution >= 0.6 is 11.3 Å². The van der Waals surface area contributed by atoms with Gasteiger partial charge in [0.15, 0.2) is 4.96 Å². The van der Waals surface area contributed by atoms with Crippen LogP contribution in [-0.2, 0) is 6.54 Å². The van der Waals surface area contributed by atoms with E-state index in [1.807, 2.05) is 66.0 Å². The zero-order chi connectivity index (χ0) is 17.9. The Kier molecular flexibility index (Phi) is 4.33. The molecule has 0 fully saturated rings. The first-order valence-corrected chi connectivity index (χ1v) is 8.99. The van der Waals surface area contributed by atoms with Crippen molar-refractivity contribution in [2.45, 2.75) is 6.54 Å². The molecule has 0 saturated carbocycles. The maximum Gasteiger partial charge on any atom is 0.271 e. The molecule has 2 aromatic carbocycles. The Hall–Kier alpha value is -3.25. The van der Waals surface area contributed by atoms with Crippen LogP contribution in [0.4, 0.5) is 0 Å². The average Bonchev–Trinajstić information content (AvgIpc) is 3.13. The number of carbonyl (C=O) groups excluding carboxylic acids is 1. The van der Waals surface area contributed by atoms with Crippen LogP contribution in [0.2, 0.25) is 0 Å². The van der Waals surface area contributed by atoms with Crippen LogP contribution in [0.5, 0.6) is 0 Å². The number of thiazole rings is 1. The van der Waals surface area contributed by atoms with Gasteiger partial charge in [0.1, 0.15) is 5.56 Å².